The molecule has 0 saturated carbocycles. The minimum atomic E-state index is -4.05. The van der Waals surface area contributed by atoms with E-state index in [9.17, 15) is 8.42 Å². The van der Waals surface area contributed by atoms with Crippen LogP contribution < -0.4 is 0 Å². The predicted molar refractivity (Wildman–Crippen MR) is 58.1 cm³/mol. The second-order valence-electron chi connectivity index (χ2n) is 2.97. The van der Waals surface area contributed by atoms with E-state index in [-0.39, 0.29) is 12.8 Å². The van der Waals surface area contributed by atoms with Crippen molar-refractivity contribution in [2.75, 3.05) is 12.3 Å². The van der Waals surface area contributed by atoms with E-state index in [0.717, 1.165) is 0 Å². The Bertz CT molecular complexity index is 350. The molecule has 0 aliphatic rings. The van der Waals surface area contributed by atoms with Crippen LogP contribution >= 0.6 is 7.92 Å². The lowest BCUT2D eigenvalue weighted by Gasteiger charge is -2.20. The summed E-state index contributed by atoms with van der Waals surface area (Å²) in [5, 5.41) is 16.8. The van der Waals surface area contributed by atoms with Crippen LogP contribution in [0.3, 0.4) is 0 Å². The Balaban J connectivity index is 4.50. The molecule has 0 aromatic heterocycles. The quantitative estimate of drug-likeness (QED) is 0.567. The van der Waals surface area contributed by atoms with Gasteiger partial charge in [0.25, 0.3) is 10.1 Å². The standard InChI is InChI=1S/C8H13N2O3PS/c1-8(15(11,12)13)14(6-2-4-9)7-3-5-10/h8H,2-3,6-7H2,1H3,(H,11,12,13). The zero-order chi connectivity index (χ0) is 11.9. The Morgan fingerprint density at radius 2 is 1.67 bits per heavy atom. The summed E-state index contributed by atoms with van der Waals surface area (Å²) in [5.74, 6) is 0. The van der Waals surface area contributed by atoms with Crippen LogP contribution in [-0.2, 0) is 10.1 Å². The van der Waals surface area contributed by atoms with Gasteiger partial charge in [-0.2, -0.15) is 18.9 Å². The summed E-state index contributed by atoms with van der Waals surface area (Å²) >= 11 is 0. The van der Waals surface area contributed by atoms with E-state index in [1.54, 1.807) is 0 Å². The van der Waals surface area contributed by atoms with Crippen molar-refractivity contribution in [1.82, 2.24) is 0 Å². The molecule has 15 heavy (non-hydrogen) atoms. The topological polar surface area (TPSA) is 102 Å². The van der Waals surface area contributed by atoms with Crippen LogP contribution in [0.15, 0.2) is 0 Å². The first kappa shape index (κ1) is 14.3. The van der Waals surface area contributed by atoms with Crippen molar-refractivity contribution >= 4 is 18.0 Å². The summed E-state index contributed by atoms with van der Waals surface area (Å²) in [6.07, 6.45) is 1.43. The first-order valence-electron chi connectivity index (χ1n) is 4.37. The van der Waals surface area contributed by atoms with E-state index in [4.69, 9.17) is 15.1 Å². The van der Waals surface area contributed by atoms with Crippen LogP contribution in [0.2, 0.25) is 0 Å². The molecule has 5 nitrogen and oxygen atoms in total. The lowest BCUT2D eigenvalue weighted by Crippen LogP contribution is -2.17. The van der Waals surface area contributed by atoms with Crippen LogP contribution in [0.1, 0.15) is 19.8 Å². The highest BCUT2D eigenvalue weighted by atomic mass is 32.2. The van der Waals surface area contributed by atoms with Gasteiger partial charge in [0.1, 0.15) is 4.99 Å². The third-order valence-electron chi connectivity index (χ3n) is 1.97. The van der Waals surface area contributed by atoms with Crippen molar-refractivity contribution in [3.63, 3.8) is 0 Å². The van der Waals surface area contributed by atoms with Crippen LogP contribution in [0.5, 0.6) is 0 Å². The first-order valence-corrected chi connectivity index (χ1v) is 7.66. The highest BCUT2D eigenvalue weighted by Gasteiger charge is 2.26. The molecule has 0 aromatic carbocycles. The molecular formula is C8H13N2O3PS. The van der Waals surface area contributed by atoms with Gasteiger partial charge in [-0.25, -0.2) is 0 Å². The smallest absolute Gasteiger partial charge is 0.271 e. The van der Waals surface area contributed by atoms with Crippen molar-refractivity contribution in [2.24, 2.45) is 0 Å². The average Bonchev–Trinajstić information content (AvgIpc) is 2.16. The summed E-state index contributed by atoms with van der Waals surface area (Å²) in [6.45, 7) is 1.43. The fraction of sp³-hybridized carbons (Fsp3) is 0.750. The van der Waals surface area contributed by atoms with Crippen LogP contribution in [0.4, 0.5) is 0 Å². The van der Waals surface area contributed by atoms with E-state index >= 15 is 0 Å². The fourth-order valence-electron chi connectivity index (χ4n) is 1.05. The molecule has 1 atom stereocenters. The minimum absolute atomic E-state index is 0.261. The van der Waals surface area contributed by atoms with E-state index in [1.807, 2.05) is 12.1 Å². The fourth-order valence-corrected chi connectivity index (χ4v) is 4.92. The van der Waals surface area contributed by atoms with E-state index in [0.29, 0.717) is 12.3 Å². The van der Waals surface area contributed by atoms with Gasteiger partial charge in [0.2, 0.25) is 0 Å². The van der Waals surface area contributed by atoms with Gasteiger partial charge in [0.05, 0.1) is 12.1 Å². The van der Waals surface area contributed by atoms with Crippen LogP contribution in [0, 0.1) is 22.7 Å². The van der Waals surface area contributed by atoms with E-state index in [2.05, 4.69) is 0 Å². The van der Waals surface area contributed by atoms with Crippen molar-refractivity contribution < 1.29 is 13.0 Å². The monoisotopic (exact) mass is 248 g/mol. The van der Waals surface area contributed by atoms with Gasteiger partial charge < -0.3 is 0 Å². The van der Waals surface area contributed by atoms with Gasteiger partial charge in [0.15, 0.2) is 0 Å². The Kier molecular flexibility index (Phi) is 6.43. The lowest BCUT2D eigenvalue weighted by atomic mass is 10.5. The molecule has 0 heterocycles. The molecule has 7 heteroatoms. The summed E-state index contributed by atoms with van der Waals surface area (Å²) in [7, 11) is -5.06. The third kappa shape index (κ3) is 5.69. The molecule has 0 fully saturated rings. The number of hydrogen-bond donors (Lipinski definition) is 1. The van der Waals surface area contributed by atoms with E-state index < -0.39 is 23.0 Å². The first-order chi connectivity index (χ1) is 6.93. The molecule has 0 aliphatic carbocycles. The molecule has 1 N–H and O–H groups in total. The van der Waals surface area contributed by atoms with Crippen LogP contribution in [-0.4, -0.2) is 30.3 Å². The van der Waals surface area contributed by atoms with Gasteiger partial charge in [-0.05, 0) is 19.2 Å². The zero-order valence-electron chi connectivity index (χ0n) is 8.42. The Morgan fingerprint density at radius 3 is 1.93 bits per heavy atom. The third-order valence-corrected chi connectivity index (χ3v) is 7.15. The van der Waals surface area contributed by atoms with Gasteiger partial charge in [0, 0.05) is 12.8 Å². The maximum Gasteiger partial charge on any atom is 0.271 e. The maximum atomic E-state index is 10.9. The molecule has 1 unspecified atom stereocenters. The van der Waals surface area contributed by atoms with Gasteiger partial charge in [-0.1, -0.05) is 7.92 Å². The van der Waals surface area contributed by atoms with E-state index in [1.165, 1.54) is 6.92 Å². The normalized spacial score (nSPS) is 13.1. The lowest BCUT2D eigenvalue weighted by molar-refractivity contribution is 0.481. The van der Waals surface area contributed by atoms with Crippen molar-refractivity contribution in [3.05, 3.63) is 0 Å². The molecular weight excluding hydrogens is 235 g/mol. The van der Waals surface area contributed by atoms with Gasteiger partial charge >= 0.3 is 0 Å². The number of hydrogen-bond acceptors (Lipinski definition) is 4. The number of nitrogens with zero attached hydrogens (tertiary/aromatic N) is 2. The number of rotatable bonds is 6. The van der Waals surface area contributed by atoms with Crippen LogP contribution in [0.25, 0.3) is 0 Å². The van der Waals surface area contributed by atoms with Crippen molar-refractivity contribution in [2.45, 2.75) is 24.8 Å². The SMILES string of the molecule is CC(P(CCC#N)CCC#N)S(=O)(=O)O. The Hall–Kier alpha value is -0.680. The zero-order valence-corrected chi connectivity index (χ0v) is 10.1. The molecule has 0 saturated heterocycles. The summed E-state index contributed by atoms with van der Waals surface area (Å²) in [5.41, 5.74) is 0. The second-order valence-corrected chi connectivity index (χ2v) is 7.90. The Morgan fingerprint density at radius 1 is 1.27 bits per heavy atom. The largest absolute Gasteiger partial charge is 0.285 e. The maximum absolute atomic E-state index is 10.9. The highest BCUT2D eigenvalue weighted by molar-refractivity contribution is 7.94. The minimum Gasteiger partial charge on any atom is -0.285 e. The second kappa shape index (κ2) is 6.74. The molecule has 0 amide bonds. The summed E-state index contributed by atoms with van der Waals surface area (Å²) in [4.78, 5) is -0.853. The summed E-state index contributed by atoms with van der Waals surface area (Å²) in [6, 6.07) is 3.88. The molecule has 0 aromatic rings. The highest BCUT2D eigenvalue weighted by Crippen LogP contribution is 2.44. The molecule has 0 rings (SSSR count). The average molecular weight is 248 g/mol. The summed E-state index contributed by atoms with van der Waals surface area (Å²) < 4.78 is 30.7. The predicted octanol–water partition coefficient (Wildman–Crippen LogP) is 1.53. The molecule has 0 bridgehead atoms. The molecule has 0 aliphatic heterocycles. The molecule has 84 valence electrons. The van der Waals surface area contributed by atoms with Crippen molar-refractivity contribution in [3.8, 4) is 12.1 Å². The van der Waals surface area contributed by atoms with Gasteiger partial charge in [-0.3, -0.25) is 4.55 Å². The molecule has 0 radical (unpaired) electrons. The number of nitriles is 2. The van der Waals surface area contributed by atoms with Gasteiger partial charge in [-0.15, -0.1) is 0 Å². The molecule has 0 spiro atoms. The Labute approximate surface area is 91.2 Å². The van der Waals surface area contributed by atoms with Crippen molar-refractivity contribution in [1.29, 1.82) is 10.5 Å².